The molecule has 1 aromatic heterocycles. The second kappa shape index (κ2) is 8.93. The summed E-state index contributed by atoms with van der Waals surface area (Å²) in [5, 5.41) is 2.74. The Labute approximate surface area is 168 Å². The molecule has 28 heavy (non-hydrogen) atoms. The third kappa shape index (κ3) is 4.65. The highest BCUT2D eigenvalue weighted by molar-refractivity contribution is 7.98. The molecule has 0 spiro atoms. The normalized spacial score (nSPS) is 15.3. The number of sulfonamides is 1. The van der Waals surface area contributed by atoms with E-state index in [9.17, 15) is 18.0 Å². The Morgan fingerprint density at radius 2 is 1.89 bits per heavy atom. The van der Waals surface area contributed by atoms with E-state index in [1.54, 1.807) is 17.8 Å². The van der Waals surface area contributed by atoms with Crippen molar-refractivity contribution in [2.45, 2.75) is 35.6 Å². The summed E-state index contributed by atoms with van der Waals surface area (Å²) >= 11 is 1.56. The first kappa shape index (κ1) is 20.6. The van der Waals surface area contributed by atoms with Crippen molar-refractivity contribution in [3.8, 4) is 0 Å². The number of hydrogen-bond acceptors (Lipinski definition) is 5. The summed E-state index contributed by atoms with van der Waals surface area (Å²) in [6.45, 7) is 0.581. The number of carbonyl (C=O) groups excluding carboxylic acids is 1. The molecule has 1 aliphatic rings. The molecule has 1 aliphatic heterocycles. The zero-order chi connectivity index (χ0) is 20.1. The molecule has 1 aromatic carbocycles. The molecular formula is C19H23N3O4S2. The van der Waals surface area contributed by atoms with Crippen LogP contribution in [-0.2, 0) is 21.4 Å². The fraction of sp³-hybridized carbons (Fsp3) is 0.368. The summed E-state index contributed by atoms with van der Waals surface area (Å²) in [7, 11) is -3.85. The Morgan fingerprint density at radius 1 is 1.14 bits per heavy atom. The SMILES string of the molecule is CSc1cccc(NC(=O)Cn2cccc(S(=O)(=O)N3CCCCC3)c2=O)c1. The quantitative estimate of drug-likeness (QED) is 0.724. The second-order valence-corrected chi connectivity index (χ2v) is 9.34. The summed E-state index contributed by atoms with van der Waals surface area (Å²) in [5.74, 6) is -0.395. The maximum absolute atomic E-state index is 12.8. The first-order valence-electron chi connectivity index (χ1n) is 9.05. The molecule has 2 heterocycles. The van der Waals surface area contributed by atoms with Gasteiger partial charge in [0.1, 0.15) is 11.4 Å². The van der Waals surface area contributed by atoms with E-state index in [4.69, 9.17) is 0 Å². The number of nitrogens with zero attached hydrogens (tertiary/aromatic N) is 2. The van der Waals surface area contributed by atoms with Crippen molar-refractivity contribution in [2.24, 2.45) is 0 Å². The van der Waals surface area contributed by atoms with Gasteiger partial charge in [-0.1, -0.05) is 12.5 Å². The van der Waals surface area contributed by atoms with E-state index in [0.29, 0.717) is 18.8 Å². The number of aromatic nitrogens is 1. The first-order valence-corrected chi connectivity index (χ1v) is 11.7. The maximum Gasteiger partial charge on any atom is 0.271 e. The van der Waals surface area contributed by atoms with Gasteiger partial charge in [0.05, 0.1) is 0 Å². The van der Waals surface area contributed by atoms with Crippen molar-refractivity contribution in [3.63, 3.8) is 0 Å². The number of pyridine rings is 1. The highest BCUT2D eigenvalue weighted by Crippen LogP contribution is 2.19. The van der Waals surface area contributed by atoms with E-state index >= 15 is 0 Å². The zero-order valence-electron chi connectivity index (χ0n) is 15.6. The van der Waals surface area contributed by atoms with Crippen molar-refractivity contribution in [3.05, 3.63) is 52.9 Å². The average Bonchev–Trinajstić information content (AvgIpc) is 2.70. The molecular weight excluding hydrogens is 398 g/mol. The summed E-state index contributed by atoms with van der Waals surface area (Å²) in [4.78, 5) is 25.8. The molecule has 7 nitrogen and oxygen atoms in total. The molecule has 9 heteroatoms. The van der Waals surface area contributed by atoms with Crippen LogP contribution in [0, 0.1) is 0 Å². The second-order valence-electron chi connectivity index (χ2n) is 6.55. The molecule has 1 amide bonds. The average molecular weight is 422 g/mol. The molecule has 0 unspecified atom stereocenters. The highest BCUT2D eigenvalue weighted by atomic mass is 32.2. The Morgan fingerprint density at radius 3 is 2.61 bits per heavy atom. The van der Waals surface area contributed by atoms with Crippen LogP contribution in [0.4, 0.5) is 5.69 Å². The van der Waals surface area contributed by atoms with Gasteiger partial charge in [-0.2, -0.15) is 4.31 Å². The van der Waals surface area contributed by atoms with E-state index in [2.05, 4.69) is 5.32 Å². The van der Waals surface area contributed by atoms with E-state index < -0.39 is 21.5 Å². The van der Waals surface area contributed by atoms with E-state index in [0.717, 1.165) is 28.7 Å². The molecule has 0 saturated carbocycles. The van der Waals surface area contributed by atoms with Crippen LogP contribution in [0.3, 0.4) is 0 Å². The van der Waals surface area contributed by atoms with E-state index in [-0.39, 0.29) is 11.4 Å². The molecule has 1 saturated heterocycles. The van der Waals surface area contributed by atoms with Gasteiger partial charge in [0.15, 0.2) is 0 Å². The number of benzene rings is 1. The minimum atomic E-state index is -3.85. The molecule has 0 bridgehead atoms. The number of thioether (sulfide) groups is 1. The van der Waals surface area contributed by atoms with Crippen LogP contribution >= 0.6 is 11.8 Å². The first-order chi connectivity index (χ1) is 13.4. The summed E-state index contributed by atoms with van der Waals surface area (Å²) in [6.07, 6.45) is 5.93. The largest absolute Gasteiger partial charge is 0.324 e. The molecule has 150 valence electrons. The van der Waals surface area contributed by atoms with Crippen LogP contribution in [0.2, 0.25) is 0 Å². The van der Waals surface area contributed by atoms with Crippen LogP contribution in [-0.4, -0.2) is 42.5 Å². The number of nitrogens with one attached hydrogen (secondary N) is 1. The third-order valence-electron chi connectivity index (χ3n) is 4.59. The molecule has 0 aliphatic carbocycles. The maximum atomic E-state index is 12.8. The van der Waals surface area contributed by atoms with Gasteiger partial charge in [-0.25, -0.2) is 8.42 Å². The molecule has 0 radical (unpaired) electrons. The predicted octanol–water partition coefficient (Wildman–Crippen LogP) is 2.38. The Hall–Kier alpha value is -2.10. The lowest BCUT2D eigenvalue weighted by molar-refractivity contribution is -0.116. The Kier molecular flexibility index (Phi) is 6.58. The number of carbonyl (C=O) groups is 1. The lowest BCUT2D eigenvalue weighted by Crippen LogP contribution is -2.39. The molecule has 0 atom stereocenters. The standard InChI is InChI=1S/C19H23N3O4S2/c1-27-16-8-5-7-15(13-16)20-18(23)14-21-10-6-9-17(19(21)24)28(25,26)22-11-3-2-4-12-22/h5-10,13H,2-4,11-12,14H2,1H3,(H,20,23). The smallest absolute Gasteiger partial charge is 0.271 e. The van der Waals surface area contributed by atoms with Crippen LogP contribution in [0.5, 0.6) is 0 Å². The van der Waals surface area contributed by atoms with Gasteiger partial charge in [-0.3, -0.25) is 9.59 Å². The summed E-state index contributed by atoms with van der Waals surface area (Å²) in [6, 6.07) is 10.2. The number of amides is 1. The van der Waals surface area contributed by atoms with Crippen molar-refractivity contribution < 1.29 is 13.2 Å². The molecule has 3 rings (SSSR count). The number of piperidine rings is 1. The lowest BCUT2D eigenvalue weighted by atomic mass is 10.2. The highest BCUT2D eigenvalue weighted by Gasteiger charge is 2.28. The van der Waals surface area contributed by atoms with E-state index in [1.165, 1.54) is 22.6 Å². The summed E-state index contributed by atoms with van der Waals surface area (Å²) in [5.41, 5.74) is -0.0527. The predicted molar refractivity (Wildman–Crippen MR) is 110 cm³/mol. The summed E-state index contributed by atoms with van der Waals surface area (Å²) < 4.78 is 28.1. The van der Waals surface area contributed by atoms with Gasteiger partial charge in [-0.15, -0.1) is 11.8 Å². The zero-order valence-corrected chi connectivity index (χ0v) is 17.3. The van der Waals surface area contributed by atoms with Crippen molar-refractivity contribution >= 4 is 33.4 Å². The fourth-order valence-corrected chi connectivity index (χ4v) is 5.20. The Balaban J connectivity index is 1.79. The van der Waals surface area contributed by atoms with Crippen LogP contribution in [0.25, 0.3) is 0 Å². The lowest BCUT2D eigenvalue weighted by Gasteiger charge is -2.25. The minimum absolute atomic E-state index is 0.258. The van der Waals surface area contributed by atoms with Crippen molar-refractivity contribution in [1.82, 2.24) is 8.87 Å². The number of hydrogen-bond donors (Lipinski definition) is 1. The minimum Gasteiger partial charge on any atom is -0.324 e. The topological polar surface area (TPSA) is 88.5 Å². The fourth-order valence-electron chi connectivity index (χ4n) is 3.14. The van der Waals surface area contributed by atoms with Crippen molar-refractivity contribution in [2.75, 3.05) is 24.7 Å². The van der Waals surface area contributed by atoms with Crippen LogP contribution in [0.15, 0.2) is 57.2 Å². The van der Waals surface area contributed by atoms with Gasteiger partial charge in [-0.05, 0) is 49.4 Å². The number of rotatable bonds is 6. The van der Waals surface area contributed by atoms with Crippen LogP contribution in [0.1, 0.15) is 19.3 Å². The monoisotopic (exact) mass is 421 g/mol. The van der Waals surface area contributed by atoms with Gasteiger partial charge in [0.2, 0.25) is 15.9 Å². The molecule has 1 N–H and O–H groups in total. The number of anilines is 1. The third-order valence-corrected chi connectivity index (χ3v) is 7.22. The van der Waals surface area contributed by atoms with Crippen molar-refractivity contribution in [1.29, 1.82) is 0 Å². The van der Waals surface area contributed by atoms with Gasteiger partial charge in [0, 0.05) is 29.9 Å². The Bertz CT molecular complexity index is 1010. The van der Waals surface area contributed by atoms with Gasteiger partial charge in [0.25, 0.3) is 5.56 Å². The molecule has 1 fully saturated rings. The van der Waals surface area contributed by atoms with Gasteiger partial charge >= 0.3 is 0 Å². The van der Waals surface area contributed by atoms with Crippen LogP contribution < -0.4 is 10.9 Å². The van der Waals surface area contributed by atoms with Gasteiger partial charge < -0.3 is 9.88 Å². The van der Waals surface area contributed by atoms with E-state index in [1.807, 2.05) is 24.5 Å². The molecule has 2 aromatic rings.